The van der Waals surface area contributed by atoms with Crippen LogP contribution in [-0.2, 0) is 0 Å². The van der Waals surface area contributed by atoms with Gasteiger partial charge in [0.05, 0.1) is 0 Å². The van der Waals surface area contributed by atoms with Gasteiger partial charge >= 0.3 is 0 Å². The van der Waals surface area contributed by atoms with Crippen LogP contribution in [0.3, 0.4) is 0 Å². The van der Waals surface area contributed by atoms with Gasteiger partial charge in [0.2, 0.25) is 0 Å². The van der Waals surface area contributed by atoms with Crippen LogP contribution in [-0.4, -0.2) is 20.4 Å². The van der Waals surface area contributed by atoms with Crippen LogP contribution in [0.25, 0.3) is 0 Å². The monoisotopic (exact) mass is 390 g/mol. The van der Waals surface area contributed by atoms with E-state index in [0.29, 0.717) is 9.65 Å². The third-order valence-corrected chi connectivity index (χ3v) is 6.73. The van der Waals surface area contributed by atoms with E-state index in [0.717, 1.165) is 38.5 Å². The Bertz CT molecular complexity index is 199. The van der Waals surface area contributed by atoms with Crippen LogP contribution in [0.15, 0.2) is 12.2 Å². The van der Waals surface area contributed by atoms with Crippen molar-refractivity contribution in [1.29, 1.82) is 0 Å². The van der Waals surface area contributed by atoms with Crippen molar-refractivity contribution in [2.45, 2.75) is 58.9 Å². The third-order valence-electron chi connectivity index (χ3n) is 2.89. The molecule has 0 aliphatic heterocycles. The molecule has 4 unspecified atom stereocenters. The summed E-state index contributed by atoms with van der Waals surface area (Å²) in [5, 5.41) is 0.415. The Hall–Kier alpha value is 1.28. The molecule has 0 nitrogen and oxygen atoms in total. The molecule has 0 aromatic carbocycles. The molecule has 0 aromatic heterocycles. The van der Waals surface area contributed by atoms with Gasteiger partial charge in [-0.2, -0.15) is 0 Å². The summed E-state index contributed by atoms with van der Waals surface area (Å²) in [4.78, 5) is 0.787. The van der Waals surface area contributed by atoms with Crippen molar-refractivity contribution >= 4 is 55.1 Å². The molecule has 0 radical (unpaired) electrons. The maximum absolute atomic E-state index is 6.34. The zero-order valence-corrected chi connectivity index (χ0v) is 13.9. The van der Waals surface area contributed by atoms with Crippen LogP contribution < -0.4 is 0 Å². The maximum atomic E-state index is 6.34. The number of alkyl halides is 4. The fraction of sp³-hybridized carbons (Fsp3) is 0.833. The van der Waals surface area contributed by atoms with Crippen LogP contribution in [0.4, 0.5) is 0 Å². The molecule has 0 spiro atoms. The molecule has 0 N–H and O–H groups in total. The summed E-state index contributed by atoms with van der Waals surface area (Å²) in [7, 11) is 0. The van der Waals surface area contributed by atoms with Crippen molar-refractivity contribution in [1.82, 2.24) is 0 Å². The molecule has 1 aliphatic carbocycles. The van der Waals surface area contributed by atoms with E-state index in [1.54, 1.807) is 0 Å². The summed E-state index contributed by atoms with van der Waals surface area (Å²) >= 11 is 20.0. The SMILES string of the molecule is ClC1CCC(Br)C(Cl)CCC=CCCC1Br. The second-order valence-electron chi connectivity index (χ2n) is 4.27. The molecule has 0 amide bonds. The second-order valence-corrected chi connectivity index (χ2v) is 7.74. The predicted octanol–water partition coefficient (Wildman–Crippen LogP) is 5.64. The molecular formula is C12H18Br2Cl2. The first-order valence-corrected chi connectivity index (χ1v) is 8.53. The van der Waals surface area contributed by atoms with Crippen molar-refractivity contribution < 1.29 is 0 Å². The number of hydrogen-bond acceptors (Lipinski definition) is 0. The van der Waals surface area contributed by atoms with Gasteiger partial charge in [-0.1, -0.05) is 44.0 Å². The summed E-state index contributed by atoms with van der Waals surface area (Å²) in [6.07, 6.45) is 10.9. The Kier molecular flexibility index (Phi) is 8.05. The highest BCUT2D eigenvalue weighted by molar-refractivity contribution is 9.09. The van der Waals surface area contributed by atoms with Crippen LogP contribution in [0.1, 0.15) is 38.5 Å². The average molecular weight is 393 g/mol. The Morgan fingerprint density at radius 1 is 0.750 bits per heavy atom. The maximum Gasteiger partial charge on any atom is 0.0464 e. The van der Waals surface area contributed by atoms with Gasteiger partial charge in [-0.25, -0.2) is 0 Å². The van der Waals surface area contributed by atoms with Crippen LogP contribution in [0, 0.1) is 0 Å². The normalized spacial score (nSPS) is 38.8. The predicted molar refractivity (Wildman–Crippen MR) is 81.6 cm³/mol. The van der Waals surface area contributed by atoms with Crippen LogP contribution >= 0.6 is 55.1 Å². The Morgan fingerprint density at radius 3 is 1.94 bits per heavy atom. The highest BCUT2D eigenvalue weighted by atomic mass is 79.9. The van der Waals surface area contributed by atoms with E-state index < -0.39 is 0 Å². The van der Waals surface area contributed by atoms with E-state index in [1.165, 1.54) is 0 Å². The Balaban J connectivity index is 2.52. The molecule has 0 bridgehead atoms. The first kappa shape index (κ1) is 15.3. The first-order chi connectivity index (χ1) is 7.61. The third kappa shape index (κ3) is 5.75. The largest absolute Gasteiger partial charge is 0.122 e. The van der Waals surface area contributed by atoms with E-state index >= 15 is 0 Å². The highest BCUT2D eigenvalue weighted by Crippen LogP contribution is 2.28. The molecule has 4 heteroatoms. The number of rotatable bonds is 0. The smallest absolute Gasteiger partial charge is 0.0464 e. The first-order valence-electron chi connectivity index (χ1n) is 5.82. The van der Waals surface area contributed by atoms with Gasteiger partial charge in [-0.15, -0.1) is 23.2 Å². The minimum Gasteiger partial charge on any atom is -0.122 e. The fourth-order valence-corrected chi connectivity index (χ4v) is 3.35. The van der Waals surface area contributed by atoms with E-state index in [4.69, 9.17) is 23.2 Å². The van der Waals surface area contributed by atoms with Gasteiger partial charge in [0.1, 0.15) is 0 Å². The summed E-state index contributed by atoms with van der Waals surface area (Å²) in [6, 6.07) is 0. The molecule has 16 heavy (non-hydrogen) atoms. The summed E-state index contributed by atoms with van der Waals surface area (Å²) in [5.41, 5.74) is 0. The molecule has 1 aliphatic rings. The van der Waals surface area contributed by atoms with E-state index in [2.05, 4.69) is 44.0 Å². The molecule has 0 heterocycles. The van der Waals surface area contributed by atoms with Gasteiger partial charge in [0.25, 0.3) is 0 Å². The Labute approximate surface area is 125 Å². The topological polar surface area (TPSA) is 0 Å². The lowest BCUT2D eigenvalue weighted by Crippen LogP contribution is -2.20. The summed E-state index contributed by atoms with van der Waals surface area (Å²) in [6.45, 7) is 0. The van der Waals surface area contributed by atoms with Gasteiger partial charge in [-0.05, 0) is 38.5 Å². The van der Waals surface area contributed by atoms with Crippen molar-refractivity contribution in [3.63, 3.8) is 0 Å². The summed E-state index contributed by atoms with van der Waals surface area (Å²) < 4.78 is 0. The molecule has 94 valence electrons. The van der Waals surface area contributed by atoms with Gasteiger partial charge < -0.3 is 0 Å². The summed E-state index contributed by atoms with van der Waals surface area (Å²) in [5.74, 6) is 0. The van der Waals surface area contributed by atoms with Crippen LogP contribution in [0.5, 0.6) is 0 Å². The van der Waals surface area contributed by atoms with Gasteiger partial charge in [-0.3, -0.25) is 0 Å². The molecule has 0 saturated carbocycles. The quantitative estimate of drug-likeness (QED) is 0.369. The average Bonchev–Trinajstić information content (AvgIpc) is 2.27. The Morgan fingerprint density at radius 2 is 1.25 bits per heavy atom. The van der Waals surface area contributed by atoms with Crippen molar-refractivity contribution in [3.8, 4) is 0 Å². The van der Waals surface area contributed by atoms with E-state index in [9.17, 15) is 0 Å². The molecule has 0 saturated heterocycles. The van der Waals surface area contributed by atoms with E-state index in [1.807, 2.05) is 0 Å². The molecule has 1 rings (SSSR count). The van der Waals surface area contributed by atoms with Crippen LogP contribution in [0.2, 0.25) is 0 Å². The zero-order chi connectivity index (χ0) is 12.0. The van der Waals surface area contributed by atoms with Crippen molar-refractivity contribution in [3.05, 3.63) is 12.2 Å². The van der Waals surface area contributed by atoms with Crippen molar-refractivity contribution in [2.75, 3.05) is 0 Å². The molecule has 4 atom stereocenters. The minimum atomic E-state index is 0.205. The number of hydrogen-bond donors (Lipinski definition) is 0. The molecule has 0 aromatic rings. The fourth-order valence-electron chi connectivity index (χ4n) is 1.79. The number of allylic oxidation sites excluding steroid dienone is 2. The van der Waals surface area contributed by atoms with E-state index in [-0.39, 0.29) is 10.8 Å². The second kappa shape index (κ2) is 8.39. The highest BCUT2D eigenvalue weighted by Gasteiger charge is 2.21. The zero-order valence-electron chi connectivity index (χ0n) is 9.22. The van der Waals surface area contributed by atoms with Crippen molar-refractivity contribution in [2.24, 2.45) is 0 Å². The number of halogens is 4. The van der Waals surface area contributed by atoms with Gasteiger partial charge in [0.15, 0.2) is 0 Å². The lowest BCUT2D eigenvalue weighted by Gasteiger charge is -2.20. The minimum absolute atomic E-state index is 0.205. The lowest BCUT2D eigenvalue weighted by atomic mass is 10.0. The molecular weight excluding hydrogens is 375 g/mol. The lowest BCUT2D eigenvalue weighted by molar-refractivity contribution is 0.601. The molecule has 0 fully saturated rings. The van der Waals surface area contributed by atoms with Gasteiger partial charge in [0, 0.05) is 20.4 Å². The standard InChI is InChI=1S/C12H18Br2Cl2/c13-9-5-3-1-2-4-6-11(15)10(14)7-8-12(9)16/h1-2,9-12H,3-8H2.